The minimum absolute atomic E-state index is 0.484. The first-order chi connectivity index (χ1) is 6.74. The minimum atomic E-state index is 0.484. The molecule has 0 amide bonds. The Labute approximate surface area is 87.9 Å². The van der Waals surface area contributed by atoms with E-state index in [9.17, 15) is 0 Å². The van der Waals surface area contributed by atoms with E-state index >= 15 is 0 Å². The quantitative estimate of drug-likeness (QED) is 0.777. The van der Waals surface area contributed by atoms with Crippen molar-refractivity contribution in [3.05, 3.63) is 10.6 Å². The standard InChI is InChI=1S/C9H16N4S/c1-2-6(3-10)13-4-7-8(5-13)14-9(11)12-7/h6H,2-5,10H2,1H3,(H2,11,12). The topological polar surface area (TPSA) is 68.2 Å². The van der Waals surface area contributed by atoms with Crippen LogP contribution in [0.3, 0.4) is 0 Å². The Kier molecular flexibility index (Phi) is 2.71. The van der Waals surface area contributed by atoms with E-state index in [4.69, 9.17) is 11.5 Å². The average Bonchev–Trinajstić information content (AvgIpc) is 2.63. The molecule has 2 rings (SSSR count). The van der Waals surface area contributed by atoms with Crippen molar-refractivity contribution >= 4 is 16.5 Å². The maximum Gasteiger partial charge on any atom is 0.180 e. The smallest absolute Gasteiger partial charge is 0.180 e. The Morgan fingerprint density at radius 3 is 2.93 bits per heavy atom. The minimum Gasteiger partial charge on any atom is -0.375 e. The van der Waals surface area contributed by atoms with Crippen LogP contribution in [-0.4, -0.2) is 22.5 Å². The van der Waals surface area contributed by atoms with Crippen LogP contribution in [0.15, 0.2) is 0 Å². The highest BCUT2D eigenvalue weighted by molar-refractivity contribution is 7.15. The molecule has 1 aromatic rings. The van der Waals surface area contributed by atoms with Crippen molar-refractivity contribution in [3.63, 3.8) is 0 Å². The molecule has 0 spiro atoms. The molecule has 0 radical (unpaired) electrons. The molecule has 14 heavy (non-hydrogen) atoms. The third-order valence-corrected chi connectivity index (χ3v) is 3.67. The van der Waals surface area contributed by atoms with Gasteiger partial charge >= 0.3 is 0 Å². The second-order valence-corrected chi connectivity index (χ2v) is 4.74. The Balaban J connectivity index is 2.07. The van der Waals surface area contributed by atoms with Crippen LogP contribution in [0.5, 0.6) is 0 Å². The van der Waals surface area contributed by atoms with Gasteiger partial charge in [-0.15, -0.1) is 11.3 Å². The molecular weight excluding hydrogens is 196 g/mol. The lowest BCUT2D eigenvalue weighted by molar-refractivity contribution is 0.198. The van der Waals surface area contributed by atoms with Crippen LogP contribution < -0.4 is 11.5 Å². The van der Waals surface area contributed by atoms with E-state index in [0.29, 0.717) is 11.2 Å². The number of fused-ring (bicyclic) bond motifs is 1. The SMILES string of the molecule is CCC(CN)N1Cc2nc(N)sc2C1. The van der Waals surface area contributed by atoms with Crippen molar-refractivity contribution in [2.45, 2.75) is 32.5 Å². The lowest BCUT2D eigenvalue weighted by Gasteiger charge is -2.24. The van der Waals surface area contributed by atoms with Crippen molar-refractivity contribution in [2.24, 2.45) is 5.73 Å². The zero-order valence-corrected chi connectivity index (χ0v) is 9.18. The van der Waals surface area contributed by atoms with Gasteiger partial charge in [0.15, 0.2) is 5.13 Å². The van der Waals surface area contributed by atoms with Crippen molar-refractivity contribution < 1.29 is 0 Å². The van der Waals surface area contributed by atoms with Crippen molar-refractivity contribution in [3.8, 4) is 0 Å². The van der Waals surface area contributed by atoms with Crippen molar-refractivity contribution in [1.82, 2.24) is 9.88 Å². The maximum atomic E-state index is 5.71. The molecule has 78 valence electrons. The number of thiazole rings is 1. The Morgan fingerprint density at radius 1 is 1.57 bits per heavy atom. The van der Waals surface area contributed by atoms with Crippen LogP contribution >= 0.6 is 11.3 Å². The van der Waals surface area contributed by atoms with Gasteiger partial charge in [0.05, 0.1) is 5.69 Å². The van der Waals surface area contributed by atoms with Gasteiger partial charge in [-0.3, -0.25) is 4.90 Å². The van der Waals surface area contributed by atoms with Gasteiger partial charge in [0.25, 0.3) is 0 Å². The van der Waals surface area contributed by atoms with Gasteiger partial charge in [-0.05, 0) is 6.42 Å². The molecule has 4 nitrogen and oxygen atoms in total. The summed E-state index contributed by atoms with van der Waals surface area (Å²) in [5, 5.41) is 0.690. The summed E-state index contributed by atoms with van der Waals surface area (Å²) in [6, 6.07) is 0.484. The summed E-state index contributed by atoms with van der Waals surface area (Å²) < 4.78 is 0. The van der Waals surface area contributed by atoms with E-state index in [1.54, 1.807) is 11.3 Å². The molecule has 4 N–H and O–H groups in total. The number of hydrogen-bond donors (Lipinski definition) is 2. The van der Waals surface area contributed by atoms with Crippen LogP contribution in [0.4, 0.5) is 5.13 Å². The molecule has 0 aliphatic carbocycles. The molecule has 5 heteroatoms. The summed E-state index contributed by atoms with van der Waals surface area (Å²) in [5.41, 5.74) is 12.5. The largest absolute Gasteiger partial charge is 0.375 e. The number of aromatic nitrogens is 1. The Bertz CT molecular complexity index is 295. The zero-order chi connectivity index (χ0) is 10.1. The molecule has 0 fully saturated rings. The average molecular weight is 212 g/mol. The van der Waals surface area contributed by atoms with Gasteiger partial charge in [-0.1, -0.05) is 6.92 Å². The molecule has 1 atom stereocenters. The van der Waals surface area contributed by atoms with Crippen LogP contribution in [-0.2, 0) is 13.1 Å². The van der Waals surface area contributed by atoms with Gasteiger partial charge in [0.1, 0.15) is 0 Å². The molecular formula is C9H16N4S. The summed E-state index contributed by atoms with van der Waals surface area (Å²) >= 11 is 1.60. The van der Waals surface area contributed by atoms with Crippen molar-refractivity contribution in [1.29, 1.82) is 0 Å². The molecule has 0 saturated heterocycles. The van der Waals surface area contributed by atoms with Crippen molar-refractivity contribution in [2.75, 3.05) is 12.3 Å². The fraction of sp³-hybridized carbons (Fsp3) is 0.667. The second-order valence-electron chi connectivity index (χ2n) is 3.62. The fourth-order valence-corrected chi connectivity index (χ4v) is 2.78. The van der Waals surface area contributed by atoms with E-state index in [-0.39, 0.29) is 0 Å². The Hall–Kier alpha value is -0.650. The van der Waals surface area contributed by atoms with Crippen LogP contribution in [0.2, 0.25) is 0 Å². The second kappa shape index (κ2) is 3.84. The predicted molar refractivity (Wildman–Crippen MR) is 58.9 cm³/mol. The highest BCUT2D eigenvalue weighted by atomic mass is 32.1. The number of rotatable bonds is 3. The first-order valence-corrected chi connectivity index (χ1v) is 5.74. The van der Waals surface area contributed by atoms with Gasteiger partial charge in [-0.25, -0.2) is 4.98 Å². The summed E-state index contributed by atoms with van der Waals surface area (Å²) in [4.78, 5) is 8.00. The van der Waals surface area contributed by atoms with Gasteiger partial charge in [0.2, 0.25) is 0 Å². The zero-order valence-electron chi connectivity index (χ0n) is 8.36. The summed E-state index contributed by atoms with van der Waals surface area (Å²) in [6.45, 7) is 4.78. The number of nitrogen functional groups attached to an aromatic ring is 1. The highest BCUT2D eigenvalue weighted by Crippen LogP contribution is 2.30. The number of nitrogens with zero attached hydrogens (tertiary/aromatic N) is 2. The van der Waals surface area contributed by atoms with E-state index in [2.05, 4.69) is 16.8 Å². The monoisotopic (exact) mass is 212 g/mol. The highest BCUT2D eigenvalue weighted by Gasteiger charge is 2.26. The molecule has 1 unspecified atom stereocenters. The molecule has 1 aliphatic heterocycles. The number of nitrogens with two attached hydrogens (primary N) is 2. The van der Waals surface area contributed by atoms with Crippen LogP contribution in [0.1, 0.15) is 23.9 Å². The Morgan fingerprint density at radius 2 is 2.36 bits per heavy atom. The molecule has 0 saturated carbocycles. The summed E-state index contributed by atoms with van der Waals surface area (Å²) in [6.07, 6.45) is 1.10. The lowest BCUT2D eigenvalue weighted by atomic mass is 10.2. The molecule has 1 aromatic heterocycles. The predicted octanol–water partition coefficient (Wildman–Crippen LogP) is 0.778. The maximum absolute atomic E-state index is 5.71. The molecule has 0 aromatic carbocycles. The molecule has 2 heterocycles. The third kappa shape index (κ3) is 1.63. The number of anilines is 1. The van der Waals surface area contributed by atoms with Gasteiger partial charge in [0, 0.05) is 30.6 Å². The van der Waals surface area contributed by atoms with E-state index in [1.165, 1.54) is 4.88 Å². The normalized spacial score (nSPS) is 18.4. The van der Waals surface area contributed by atoms with E-state index < -0.39 is 0 Å². The van der Waals surface area contributed by atoms with Gasteiger partial charge in [-0.2, -0.15) is 0 Å². The number of hydrogen-bond acceptors (Lipinski definition) is 5. The van der Waals surface area contributed by atoms with Gasteiger partial charge < -0.3 is 11.5 Å². The first kappa shape index (κ1) is 9.89. The lowest BCUT2D eigenvalue weighted by Crippen LogP contribution is -2.36. The third-order valence-electron chi connectivity index (χ3n) is 2.75. The van der Waals surface area contributed by atoms with Crippen LogP contribution in [0, 0.1) is 0 Å². The van der Waals surface area contributed by atoms with E-state index in [1.807, 2.05) is 0 Å². The summed E-state index contributed by atoms with van der Waals surface area (Å²) in [5.74, 6) is 0. The fourth-order valence-electron chi connectivity index (χ4n) is 1.92. The van der Waals surface area contributed by atoms with E-state index in [0.717, 1.165) is 31.7 Å². The molecule has 1 aliphatic rings. The first-order valence-electron chi connectivity index (χ1n) is 4.92. The molecule has 0 bridgehead atoms. The summed E-state index contributed by atoms with van der Waals surface area (Å²) in [7, 11) is 0. The van der Waals surface area contributed by atoms with Crippen LogP contribution in [0.25, 0.3) is 0 Å².